The van der Waals surface area contributed by atoms with Gasteiger partial charge in [0.15, 0.2) is 0 Å². The molecule has 0 atom stereocenters. The zero-order valence-electron chi connectivity index (χ0n) is 11.3. The van der Waals surface area contributed by atoms with Crippen LogP contribution in [-0.2, 0) is 5.75 Å². The quantitative estimate of drug-likeness (QED) is 0.806. The van der Waals surface area contributed by atoms with E-state index in [0.29, 0.717) is 12.1 Å². The summed E-state index contributed by atoms with van der Waals surface area (Å²) in [5.74, 6) is 2.05. The van der Waals surface area contributed by atoms with Gasteiger partial charge in [-0.25, -0.2) is 0 Å². The summed E-state index contributed by atoms with van der Waals surface area (Å²) in [5, 5.41) is 12.1. The molecule has 0 heterocycles. The third-order valence-electron chi connectivity index (χ3n) is 3.61. The number of carbonyl (C=O) groups excluding carboxylic acids is 1. The fourth-order valence-corrected chi connectivity index (χ4v) is 2.54. The monoisotopic (exact) mass is 279 g/mol. The summed E-state index contributed by atoms with van der Waals surface area (Å²) < 4.78 is 0. The van der Waals surface area contributed by atoms with Gasteiger partial charge in [0, 0.05) is 23.3 Å². The number of aliphatic hydroxyl groups excluding tert-OH is 1. The molecule has 0 spiro atoms. The molecule has 2 rings (SSSR count). The van der Waals surface area contributed by atoms with Crippen molar-refractivity contribution < 1.29 is 9.90 Å². The second-order valence-electron chi connectivity index (χ2n) is 5.17. The first-order valence-corrected chi connectivity index (χ1v) is 7.90. The van der Waals surface area contributed by atoms with Crippen LogP contribution in [0.5, 0.6) is 0 Å². The molecule has 1 saturated carbocycles. The van der Waals surface area contributed by atoms with Crippen molar-refractivity contribution in [2.45, 2.75) is 25.5 Å². The molecule has 1 aliphatic rings. The summed E-state index contributed by atoms with van der Waals surface area (Å²) >= 11 is 1.87. The highest BCUT2D eigenvalue weighted by atomic mass is 32.2. The third-order valence-corrected chi connectivity index (χ3v) is 4.55. The maximum absolute atomic E-state index is 12.0. The fourth-order valence-electron chi connectivity index (χ4n) is 1.91. The van der Waals surface area contributed by atoms with Gasteiger partial charge in [-0.05, 0) is 36.3 Å². The van der Waals surface area contributed by atoms with Crippen LogP contribution in [0.1, 0.15) is 35.7 Å². The molecule has 0 bridgehead atoms. The molecular weight excluding hydrogens is 258 g/mol. The zero-order valence-corrected chi connectivity index (χ0v) is 12.1. The van der Waals surface area contributed by atoms with E-state index < -0.39 is 0 Å². The van der Waals surface area contributed by atoms with Gasteiger partial charge in [0.1, 0.15) is 0 Å². The van der Waals surface area contributed by atoms with Crippen LogP contribution in [0.4, 0.5) is 0 Å². The number of hydrogen-bond acceptors (Lipinski definition) is 3. The summed E-state index contributed by atoms with van der Waals surface area (Å²) in [7, 11) is 0. The van der Waals surface area contributed by atoms with E-state index in [0.717, 1.165) is 24.3 Å². The van der Waals surface area contributed by atoms with E-state index in [9.17, 15) is 9.90 Å². The molecule has 2 N–H and O–H groups in total. The predicted molar refractivity (Wildman–Crippen MR) is 79.4 cm³/mol. The van der Waals surface area contributed by atoms with Crippen LogP contribution in [0.15, 0.2) is 24.3 Å². The summed E-state index contributed by atoms with van der Waals surface area (Å²) in [5.41, 5.74) is 1.91. The summed E-state index contributed by atoms with van der Waals surface area (Å²) in [6.07, 6.45) is 2.02. The second kappa shape index (κ2) is 6.44. The van der Waals surface area contributed by atoms with Crippen LogP contribution in [-0.4, -0.2) is 29.9 Å². The Balaban J connectivity index is 1.85. The van der Waals surface area contributed by atoms with Gasteiger partial charge < -0.3 is 10.4 Å². The van der Waals surface area contributed by atoms with Gasteiger partial charge in [0.05, 0.1) is 6.61 Å². The molecule has 1 aromatic carbocycles. The summed E-state index contributed by atoms with van der Waals surface area (Å²) in [6.45, 7) is 2.89. The van der Waals surface area contributed by atoms with Gasteiger partial charge in [-0.2, -0.15) is 11.8 Å². The molecule has 0 saturated heterocycles. The van der Waals surface area contributed by atoms with Crippen LogP contribution >= 0.6 is 11.8 Å². The molecule has 104 valence electrons. The largest absolute Gasteiger partial charge is 0.396 e. The number of carbonyl (C=O) groups is 1. The van der Waals surface area contributed by atoms with Gasteiger partial charge in [-0.3, -0.25) is 4.79 Å². The average molecular weight is 279 g/mol. The highest BCUT2D eigenvalue weighted by Gasteiger charge is 2.42. The second-order valence-corrected chi connectivity index (χ2v) is 6.45. The van der Waals surface area contributed by atoms with Crippen LogP contribution in [0.2, 0.25) is 0 Å². The standard InChI is InChI=1S/C15H21NO2S/c1-2-19-9-12-3-5-13(6-4-12)14(18)16-10-15(11-17)7-8-15/h3-6,17H,2,7-11H2,1H3,(H,16,18). The van der Waals surface area contributed by atoms with E-state index >= 15 is 0 Å². The Morgan fingerprint density at radius 1 is 1.37 bits per heavy atom. The fraction of sp³-hybridized carbons (Fsp3) is 0.533. The number of benzene rings is 1. The molecule has 0 aliphatic heterocycles. The number of thioether (sulfide) groups is 1. The lowest BCUT2D eigenvalue weighted by molar-refractivity contribution is 0.0935. The first-order valence-electron chi connectivity index (χ1n) is 6.75. The normalized spacial score (nSPS) is 16.1. The molecule has 3 nitrogen and oxygen atoms in total. The molecule has 1 fully saturated rings. The first-order chi connectivity index (χ1) is 9.19. The van der Waals surface area contributed by atoms with Gasteiger partial charge >= 0.3 is 0 Å². The van der Waals surface area contributed by atoms with Gasteiger partial charge in [-0.1, -0.05) is 19.1 Å². The molecule has 1 aliphatic carbocycles. The van der Waals surface area contributed by atoms with Crippen molar-refractivity contribution in [3.05, 3.63) is 35.4 Å². The van der Waals surface area contributed by atoms with E-state index in [4.69, 9.17) is 0 Å². The van der Waals surface area contributed by atoms with Crippen molar-refractivity contribution in [3.8, 4) is 0 Å². The SMILES string of the molecule is CCSCc1ccc(C(=O)NCC2(CO)CC2)cc1. The molecule has 0 radical (unpaired) electrons. The summed E-state index contributed by atoms with van der Waals surface area (Å²) in [4.78, 5) is 12.0. The lowest BCUT2D eigenvalue weighted by Crippen LogP contribution is -2.31. The first kappa shape index (κ1) is 14.4. The third kappa shape index (κ3) is 3.98. The highest BCUT2D eigenvalue weighted by Crippen LogP contribution is 2.44. The van der Waals surface area contributed by atoms with Crippen LogP contribution in [0, 0.1) is 5.41 Å². The van der Waals surface area contributed by atoms with E-state index in [-0.39, 0.29) is 17.9 Å². The van der Waals surface area contributed by atoms with Crippen molar-refractivity contribution in [1.82, 2.24) is 5.32 Å². The minimum Gasteiger partial charge on any atom is -0.396 e. The Morgan fingerprint density at radius 3 is 2.58 bits per heavy atom. The number of nitrogens with one attached hydrogen (secondary N) is 1. The van der Waals surface area contributed by atoms with Crippen molar-refractivity contribution in [1.29, 1.82) is 0 Å². The zero-order chi connectivity index (χ0) is 13.7. The van der Waals surface area contributed by atoms with Crippen molar-refractivity contribution in [3.63, 3.8) is 0 Å². The number of aliphatic hydroxyl groups is 1. The molecule has 0 unspecified atom stereocenters. The maximum Gasteiger partial charge on any atom is 0.251 e. The van der Waals surface area contributed by atoms with E-state index in [2.05, 4.69) is 12.2 Å². The molecule has 0 aromatic heterocycles. The van der Waals surface area contributed by atoms with E-state index in [1.165, 1.54) is 5.56 Å². The van der Waals surface area contributed by atoms with Crippen molar-refractivity contribution in [2.75, 3.05) is 18.9 Å². The van der Waals surface area contributed by atoms with E-state index in [1.54, 1.807) is 0 Å². The van der Waals surface area contributed by atoms with Crippen molar-refractivity contribution in [2.24, 2.45) is 5.41 Å². The molecular formula is C15H21NO2S. The highest BCUT2D eigenvalue weighted by molar-refractivity contribution is 7.98. The Kier molecular flexibility index (Phi) is 4.88. The molecule has 1 amide bonds. The Labute approximate surface area is 118 Å². The van der Waals surface area contributed by atoms with Crippen LogP contribution < -0.4 is 5.32 Å². The Hall–Kier alpha value is -1.00. The molecule has 4 heteroatoms. The summed E-state index contributed by atoms with van der Waals surface area (Å²) in [6, 6.07) is 7.77. The number of hydrogen-bond donors (Lipinski definition) is 2. The minimum atomic E-state index is -0.0468. The topological polar surface area (TPSA) is 49.3 Å². The van der Waals surface area contributed by atoms with Gasteiger partial charge in [0.25, 0.3) is 5.91 Å². The lowest BCUT2D eigenvalue weighted by Gasteiger charge is -2.12. The number of amides is 1. The van der Waals surface area contributed by atoms with Gasteiger partial charge in [0.2, 0.25) is 0 Å². The smallest absolute Gasteiger partial charge is 0.251 e. The molecule has 19 heavy (non-hydrogen) atoms. The van der Waals surface area contributed by atoms with Crippen LogP contribution in [0.25, 0.3) is 0 Å². The molecule has 1 aromatic rings. The maximum atomic E-state index is 12.0. The average Bonchev–Trinajstić information content (AvgIpc) is 3.24. The van der Waals surface area contributed by atoms with E-state index in [1.807, 2.05) is 36.0 Å². The number of rotatable bonds is 7. The predicted octanol–water partition coefficient (Wildman–Crippen LogP) is 2.44. The Bertz CT molecular complexity index is 426. The lowest BCUT2D eigenvalue weighted by atomic mass is 10.1. The van der Waals surface area contributed by atoms with Crippen LogP contribution in [0.3, 0.4) is 0 Å². The van der Waals surface area contributed by atoms with Crippen molar-refractivity contribution >= 4 is 17.7 Å². The minimum absolute atomic E-state index is 0.0344. The van der Waals surface area contributed by atoms with Gasteiger partial charge in [-0.15, -0.1) is 0 Å². The Morgan fingerprint density at radius 2 is 2.05 bits per heavy atom.